The lowest BCUT2D eigenvalue weighted by molar-refractivity contribution is -0.137. The third kappa shape index (κ3) is 5.28. The maximum Gasteiger partial charge on any atom is 0.303 e. The summed E-state index contributed by atoms with van der Waals surface area (Å²) in [6, 6.07) is 8.15. The van der Waals surface area contributed by atoms with Gasteiger partial charge in [-0.1, -0.05) is 12.8 Å². The van der Waals surface area contributed by atoms with Crippen molar-refractivity contribution in [3.8, 4) is 11.4 Å². The highest BCUT2D eigenvalue weighted by molar-refractivity contribution is 5.66. The number of hydrogen-bond donors (Lipinski definition) is 1. The van der Waals surface area contributed by atoms with Crippen molar-refractivity contribution in [3.63, 3.8) is 0 Å². The van der Waals surface area contributed by atoms with Crippen molar-refractivity contribution in [2.45, 2.75) is 45.4 Å². The molecular formula is C18H22N2O2. The summed E-state index contributed by atoms with van der Waals surface area (Å²) in [5.74, 6) is -0.704. The van der Waals surface area contributed by atoms with Crippen LogP contribution >= 0.6 is 0 Å². The van der Waals surface area contributed by atoms with E-state index < -0.39 is 5.97 Å². The summed E-state index contributed by atoms with van der Waals surface area (Å²) < 4.78 is 0. The highest BCUT2D eigenvalue weighted by atomic mass is 16.4. The SMILES string of the molecule is Cc1ccnc(-c2cc(CCCCCCC(=O)O)ccn2)c1. The van der Waals surface area contributed by atoms with Crippen molar-refractivity contribution in [3.05, 3.63) is 47.8 Å². The van der Waals surface area contributed by atoms with Gasteiger partial charge in [0, 0.05) is 18.8 Å². The number of aliphatic carboxylic acids is 1. The molecular weight excluding hydrogens is 276 g/mol. The van der Waals surface area contributed by atoms with E-state index in [1.807, 2.05) is 37.5 Å². The first kappa shape index (κ1) is 16.1. The standard InChI is InChI=1S/C18H22N2O2/c1-14-8-10-19-16(12-14)17-13-15(9-11-20-17)6-4-2-3-5-7-18(21)22/h8-13H,2-7H2,1H3,(H,21,22). The Morgan fingerprint density at radius 1 is 1.00 bits per heavy atom. The van der Waals surface area contributed by atoms with Crippen LogP contribution in [0.15, 0.2) is 36.7 Å². The summed E-state index contributed by atoms with van der Waals surface area (Å²) in [4.78, 5) is 19.2. The maximum atomic E-state index is 10.4. The van der Waals surface area contributed by atoms with Gasteiger partial charge in [-0.3, -0.25) is 14.8 Å². The molecule has 2 rings (SSSR count). The minimum Gasteiger partial charge on any atom is -0.481 e. The summed E-state index contributed by atoms with van der Waals surface area (Å²) in [5, 5.41) is 8.59. The molecule has 0 aliphatic rings. The van der Waals surface area contributed by atoms with Crippen molar-refractivity contribution in [1.29, 1.82) is 0 Å². The molecule has 0 saturated heterocycles. The Kier molecular flexibility index (Phi) is 6.07. The van der Waals surface area contributed by atoms with Crippen LogP contribution in [0.1, 0.15) is 43.2 Å². The van der Waals surface area contributed by atoms with Gasteiger partial charge in [-0.2, -0.15) is 0 Å². The number of aromatic nitrogens is 2. The lowest BCUT2D eigenvalue weighted by Gasteiger charge is -2.05. The Hall–Kier alpha value is -2.23. The van der Waals surface area contributed by atoms with Gasteiger partial charge < -0.3 is 5.11 Å². The van der Waals surface area contributed by atoms with Crippen LogP contribution in [0.2, 0.25) is 0 Å². The monoisotopic (exact) mass is 298 g/mol. The molecule has 0 saturated carbocycles. The van der Waals surface area contributed by atoms with Gasteiger partial charge in [0.25, 0.3) is 0 Å². The predicted octanol–water partition coefficient (Wildman–Crippen LogP) is 4.03. The zero-order valence-electron chi connectivity index (χ0n) is 13.0. The third-order valence-electron chi connectivity index (χ3n) is 3.61. The van der Waals surface area contributed by atoms with E-state index in [-0.39, 0.29) is 6.42 Å². The molecule has 2 aromatic heterocycles. The van der Waals surface area contributed by atoms with Gasteiger partial charge in [0.15, 0.2) is 0 Å². The second-order valence-electron chi connectivity index (χ2n) is 5.58. The quantitative estimate of drug-likeness (QED) is 0.747. The fraction of sp³-hybridized carbons (Fsp3) is 0.389. The van der Waals surface area contributed by atoms with Crippen molar-refractivity contribution in [1.82, 2.24) is 9.97 Å². The number of rotatable bonds is 8. The average Bonchev–Trinajstić information content (AvgIpc) is 2.51. The first-order chi connectivity index (χ1) is 10.6. The van der Waals surface area contributed by atoms with Gasteiger partial charge in [0.1, 0.15) is 0 Å². The molecule has 0 unspecified atom stereocenters. The van der Waals surface area contributed by atoms with Gasteiger partial charge in [0.2, 0.25) is 0 Å². The number of nitrogens with zero attached hydrogens (tertiary/aromatic N) is 2. The molecule has 0 aliphatic heterocycles. The van der Waals surface area contributed by atoms with E-state index in [0.717, 1.165) is 43.5 Å². The summed E-state index contributed by atoms with van der Waals surface area (Å²) in [6.45, 7) is 2.05. The number of unbranched alkanes of at least 4 members (excludes halogenated alkanes) is 3. The topological polar surface area (TPSA) is 63.1 Å². The number of aryl methyl sites for hydroxylation is 2. The Balaban J connectivity index is 1.85. The summed E-state index contributed by atoms with van der Waals surface area (Å²) in [5.41, 5.74) is 4.25. The van der Waals surface area contributed by atoms with E-state index in [9.17, 15) is 4.79 Å². The van der Waals surface area contributed by atoms with Crippen LogP contribution < -0.4 is 0 Å². The molecule has 4 heteroatoms. The fourth-order valence-electron chi connectivity index (χ4n) is 2.41. The van der Waals surface area contributed by atoms with Crippen LogP contribution in [0.25, 0.3) is 11.4 Å². The number of carboxylic acids is 1. The molecule has 4 nitrogen and oxygen atoms in total. The molecule has 1 N–H and O–H groups in total. The molecule has 0 spiro atoms. The van der Waals surface area contributed by atoms with E-state index in [1.54, 1.807) is 0 Å². The normalized spacial score (nSPS) is 10.6. The summed E-state index contributed by atoms with van der Waals surface area (Å²) in [6.07, 6.45) is 8.79. The maximum absolute atomic E-state index is 10.4. The van der Waals surface area contributed by atoms with E-state index in [1.165, 1.54) is 11.1 Å². The first-order valence-electron chi connectivity index (χ1n) is 7.75. The first-order valence-corrected chi connectivity index (χ1v) is 7.75. The molecule has 2 heterocycles. The molecule has 0 atom stereocenters. The van der Waals surface area contributed by atoms with Crippen LogP contribution in [0, 0.1) is 6.92 Å². The van der Waals surface area contributed by atoms with Crippen molar-refractivity contribution in [2.24, 2.45) is 0 Å². The van der Waals surface area contributed by atoms with Gasteiger partial charge in [-0.25, -0.2) is 0 Å². The molecule has 116 valence electrons. The van der Waals surface area contributed by atoms with Gasteiger partial charge in [0.05, 0.1) is 11.4 Å². The van der Waals surface area contributed by atoms with E-state index in [4.69, 9.17) is 5.11 Å². The van der Waals surface area contributed by atoms with Crippen LogP contribution in [-0.4, -0.2) is 21.0 Å². The summed E-state index contributed by atoms with van der Waals surface area (Å²) >= 11 is 0. The lowest BCUT2D eigenvalue weighted by atomic mass is 10.0. The molecule has 2 aromatic rings. The second-order valence-corrected chi connectivity index (χ2v) is 5.58. The van der Waals surface area contributed by atoms with Crippen molar-refractivity contribution >= 4 is 5.97 Å². The Morgan fingerprint density at radius 3 is 2.41 bits per heavy atom. The highest BCUT2D eigenvalue weighted by Crippen LogP contribution is 2.17. The number of carboxylic acid groups (broad SMARTS) is 1. The van der Waals surface area contributed by atoms with E-state index >= 15 is 0 Å². The van der Waals surface area contributed by atoms with Gasteiger partial charge in [-0.05, 0) is 61.6 Å². The van der Waals surface area contributed by atoms with E-state index in [0.29, 0.717) is 0 Å². The smallest absolute Gasteiger partial charge is 0.303 e. The van der Waals surface area contributed by atoms with Crippen LogP contribution in [-0.2, 0) is 11.2 Å². The summed E-state index contributed by atoms with van der Waals surface area (Å²) in [7, 11) is 0. The van der Waals surface area contributed by atoms with E-state index in [2.05, 4.69) is 16.0 Å². The zero-order chi connectivity index (χ0) is 15.8. The number of hydrogen-bond acceptors (Lipinski definition) is 3. The highest BCUT2D eigenvalue weighted by Gasteiger charge is 2.03. The molecule has 0 aliphatic carbocycles. The second kappa shape index (κ2) is 8.27. The molecule has 22 heavy (non-hydrogen) atoms. The number of carbonyl (C=O) groups is 1. The van der Waals surface area contributed by atoms with Crippen molar-refractivity contribution < 1.29 is 9.90 Å². The third-order valence-corrected chi connectivity index (χ3v) is 3.61. The van der Waals surface area contributed by atoms with Gasteiger partial charge >= 0.3 is 5.97 Å². The van der Waals surface area contributed by atoms with Gasteiger partial charge in [-0.15, -0.1) is 0 Å². The molecule has 0 aromatic carbocycles. The van der Waals surface area contributed by atoms with Crippen LogP contribution in [0.5, 0.6) is 0 Å². The largest absolute Gasteiger partial charge is 0.481 e. The molecule has 0 radical (unpaired) electrons. The lowest BCUT2D eigenvalue weighted by Crippen LogP contribution is -1.94. The molecule has 0 amide bonds. The van der Waals surface area contributed by atoms with Crippen LogP contribution in [0.3, 0.4) is 0 Å². The minimum absolute atomic E-state index is 0.276. The Morgan fingerprint density at radius 2 is 1.68 bits per heavy atom. The zero-order valence-corrected chi connectivity index (χ0v) is 13.0. The minimum atomic E-state index is -0.704. The molecule has 0 bridgehead atoms. The van der Waals surface area contributed by atoms with Crippen molar-refractivity contribution in [2.75, 3.05) is 0 Å². The van der Waals surface area contributed by atoms with Crippen LogP contribution in [0.4, 0.5) is 0 Å². The Bertz CT molecular complexity index is 626. The Labute approximate surface area is 131 Å². The number of pyridine rings is 2. The predicted molar refractivity (Wildman–Crippen MR) is 86.6 cm³/mol. The average molecular weight is 298 g/mol. The fourth-order valence-corrected chi connectivity index (χ4v) is 2.41. The molecule has 0 fully saturated rings.